The van der Waals surface area contributed by atoms with Crippen LogP contribution < -0.4 is 11.1 Å². The van der Waals surface area contributed by atoms with Gasteiger partial charge >= 0.3 is 0 Å². The molecule has 0 radical (unpaired) electrons. The van der Waals surface area contributed by atoms with Crippen molar-refractivity contribution >= 4 is 11.6 Å². The van der Waals surface area contributed by atoms with Crippen molar-refractivity contribution < 1.29 is 9.53 Å². The van der Waals surface area contributed by atoms with Crippen LogP contribution in [0.4, 0.5) is 5.69 Å². The minimum absolute atomic E-state index is 0.132. The normalized spacial score (nSPS) is 16.4. The maximum atomic E-state index is 12.5. The van der Waals surface area contributed by atoms with Gasteiger partial charge in [-0.05, 0) is 48.1 Å². The third-order valence-corrected chi connectivity index (χ3v) is 4.81. The first kappa shape index (κ1) is 17.6. The van der Waals surface area contributed by atoms with E-state index in [-0.39, 0.29) is 5.91 Å². The van der Waals surface area contributed by atoms with E-state index in [1.54, 1.807) is 0 Å². The van der Waals surface area contributed by atoms with E-state index in [0.717, 1.165) is 24.1 Å². The van der Waals surface area contributed by atoms with Crippen molar-refractivity contribution in [1.29, 1.82) is 0 Å². The van der Waals surface area contributed by atoms with Crippen LogP contribution in [0.25, 0.3) is 11.1 Å². The maximum absolute atomic E-state index is 12.5. The molecule has 0 bridgehead atoms. The highest BCUT2D eigenvalue weighted by Gasteiger charge is 2.35. The highest BCUT2D eigenvalue weighted by molar-refractivity contribution is 5.98. The number of hydrogen-bond acceptors (Lipinski definition) is 3. The van der Waals surface area contributed by atoms with Crippen molar-refractivity contribution in [3.05, 3.63) is 54.1 Å². The fourth-order valence-electron chi connectivity index (χ4n) is 3.12. The van der Waals surface area contributed by atoms with E-state index in [2.05, 4.69) is 36.5 Å². The molecule has 25 heavy (non-hydrogen) atoms. The highest BCUT2D eigenvalue weighted by atomic mass is 16.5. The number of ether oxygens (including phenoxy) is 1. The molecule has 0 atom stereocenters. The Morgan fingerprint density at radius 3 is 2.16 bits per heavy atom. The van der Waals surface area contributed by atoms with Gasteiger partial charge in [0.05, 0.1) is 0 Å². The van der Waals surface area contributed by atoms with Crippen LogP contribution in [0.15, 0.2) is 48.5 Å². The molecule has 3 N–H and O–H groups in total. The topological polar surface area (TPSA) is 64.4 Å². The lowest BCUT2D eigenvalue weighted by Gasteiger charge is -2.31. The third-order valence-electron chi connectivity index (χ3n) is 4.81. The zero-order chi connectivity index (χ0) is 17.7. The molecule has 0 aliphatic carbocycles. The zero-order valence-electron chi connectivity index (χ0n) is 14.8. The third kappa shape index (κ3) is 4.27. The van der Waals surface area contributed by atoms with Gasteiger partial charge in [0, 0.05) is 18.9 Å². The van der Waals surface area contributed by atoms with E-state index in [0.29, 0.717) is 26.1 Å². The Morgan fingerprint density at radius 2 is 1.60 bits per heavy atom. The molecule has 1 amide bonds. The second kappa shape index (κ2) is 7.81. The van der Waals surface area contributed by atoms with Crippen molar-refractivity contribution in [2.24, 2.45) is 5.73 Å². The Hall–Kier alpha value is -2.17. The number of anilines is 1. The molecular weight excluding hydrogens is 312 g/mol. The number of carbonyl (C=O) groups is 1. The lowest BCUT2D eigenvalue weighted by Crippen LogP contribution is -2.54. The van der Waals surface area contributed by atoms with Gasteiger partial charge in [-0.25, -0.2) is 0 Å². The van der Waals surface area contributed by atoms with Gasteiger partial charge in [-0.3, -0.25) is 4.79 Å². The quantitative estimate of drug-likeness (QED) is 0.872. The number of rotatable bonds is 5. The summed E-state index contributed by atoms with van der Waals surface area (Å²) in [4.78, 5) is 12.5. The summed E-state index contributed by atoms with van der Waals surface area (Å²) < 4.78 is 5.29. The van der Waals surface area contributed by atoms with Gasteiger partial charge in [-0.2, -0.15) is 0 Å². The molecule has 0 unspecified atom stereocenters. The summed E-state index contributed by atoms with van der Waals surface area (Å²) in [5.41, 5.74) is 9.83. The molecule has 1 saturated heterocycles. The number of hydrogen-bond donors (Lipinski definition) is 2. The van der Waals surface area contributed by atoms with Crippen molar-refractivity contribution in [3.63, 3.8) is 0 Å². The summed E-state index contributed by atoms with van der Waals surface area (Å²) in [7, 11) is 0. The summed E-state index contributed by atoms with van der Waals surface area (Å²) in [6, 6.07) is 16.6. The van der Waals surface area contributed by atoms with Crippen LogP contribution in [-0.2, 0) is 16.0 Å². The Balaban J connectivity index is 1.66. The van der Waals surface area contributed by atoms with Gasteiger partial charge in [-0.1, -0.05) is 49.7 Å². The lowest BCUT2D eigenvalue weighted by atomic mass is 9.90. The van der Waals surface area contributed by atoms with Crippen molar-refractivity contribution in [2.45, 2.75) is 38.1 Å². The molecular formula is C21H26N2O2. The monoisotopic (exact) mass is 338 g/mol. The second-order valence-electron chi connectivity index (χ2n) is 6.75. The molecule has 0 saturated carbocycles. The van der Waals surface area contributed by atoms with Crippen molar-refractivity contribution in [1.82, 2.24) is 0 Å². The number of carbonyl (C=O) groups excluding carboxylic acids is 1. The molecule has 1 fully saturated rings. The molecule has 3 rings (SSSR count). The SMILES string of the molecule is CCCc1ccc(-c2ccc(NC(=O)C3(N)CCOCC3)cc2)cc1. The van der Waals surface area contributed by atoms with Crippen LogP contribution in [-0.4, -0.2) is 24.7 Å². The summed E-state index contributed by atoms with van der Waals surface area (Å²) in [5.74, 6) is -0.132. The van der Waals surface area contributed by atoms with Crippen LogP contribution in [0.2, 0.25) is 0 Å². The first-order chi connectivity index (χ1) is 12.1. The molecule has 132 valence electrons. The Bertz CT molecular complexity index is 702. The van der Waals surface area contributed by atoms with E-state index in [4.69, 9.17) is 10.5 Å². The standard InChI is InChI=1S/C21H26N2O2/c1-2-3-16-4-6-17(7-5-16)18-8-10-19(11-9-18)23-20(24)21(22)12-14-25-15-13-21/h4-11H,2-3,12-15,22H2,1H3,(H,23,24). The first-order valence-electron chi connectivity index (χ1n) is 8.98. The van der Waals surface area contributed by atoms with Crippen LogP contribution in [0, 0.1) is 0 Å². The van der Waals surface area contributed by atoms with Gasteiger partial charge in [0.25, 0.3) is 0 Å². The maximum Gasteiger partial charge on any atom is 0.244 e. The van der Waals surface area contributed by atoms with Crippen LogP contribution in [0.5, 0.6) is 0 Å². The molecule has 2 aromatic rings. The largest absolute Gasteiger partial charge is 0.381 e. The second-order valence-corrected chi connectivity index (χ2v) is 6.75. The average molecular weight is 338 g/mol. The molecule has 4 nitrogen and oxygen atoms in total. The van der Waals surface area contributed by atoms with Gasteiger partial charge in [0.1, 0.15) is 5.54 Å². The molecule has 2 aromatic carbocycles. The van der Waals surface area contributed by atoms with Crippen LogP contribution in [0.3, 0.4) is 0 Å². The van der Waals surface area contributed by atoms with Crippen molar-refractivity contribution in [2.75, 3.05) is 18.5 Å². The van der Waals surface area contributed by atoms with Gasteiger partial charge in [0.2, 0.25) is 5.91 Å². The Kier molecular flexibility index (Phi) is 5.51. The van der Waals surface area contributed by atoms with Crippen LogP contribution >= 0.6 is 0 Å². The summed E-state index contributed by atoms with van der Waals surface area (Å²) in [6.07, 6.45) is 3.38. The Labute approximate surface area is 149 Å². The molecule has 1 aliphatic heterocycles. The Morgan fingerprint density at radius 1 is 1.04 bits per heavy atom. The molecule has 0 aromatic heterocycles. The fraction of sp³-hybridized carbons (Fsp3) is 0.381. The number of nitrogens with one attached hydrogen (secondary N) is 1. The minimum atomic E-state index is -0.827. The number of benzene rings is 2. The summed E-state index contributed by atoms with van der Waals surface area (Å²) in [5, 5.41) is 2.94. The average Bonchev–Trinajstić information content (AvgIpc) is 2.64. The van der Waals surface area contributed by atoms with Crippen molar-refractivity contribution in [3.8, 4) is 11.1 Å². The summed E-state index contributed by atoms with van der Waals surface area (Å²) in [6.45, 7) is 3.26. The summed E-state index contributed by atoms with van der Waals surface area (Å²) >= 11 is 0. The van der Waals surface area contributed by atoms with Crippen LogP contribution in [0.1, 0.15) is 31.7 Å². The molecule has 4 heteroatoms. The first-order valence-corrected chi connectivity index (χ1v) is 8.98. The zero-order valence-corrected chi connectivity index (χ0v) is 14.8. The molecule has 1 heterocycles. The van der Waals surface area contributed by atoms with Gasteiger partial charge in [-0.15, -0.1) is 0 Å². The van der Waals surface area contributed by atoms with E-state index in [9.17, 15) is 4.79 Å². The predicted octanol–water partition coefficient (Wildman–Crippen LogP) is 3.75. The fourth-order valence-corrected chi connectivity index (χ4v) is 3.12. The number of aryl methyl sites for hydroxylation is 1. The number of nitrogens with two attached hydrogens (primary N) is 1. The highest BCUT2D eigenvalue weighted by Crippen LogP contribution is 2.24. The van der Waals surface area contributed by atoms with Gasteiger partial charge in [0.15, 0.2) is 0 Å². The van der Waals surface area contributed by atoms with E-state index in [1.807, 2.05) is 24.3 Å². The van der Waals surface area contributed by atoms with E-state index < -0.39 is 5.54 Å². The van der Waals surface area contributed by atoms with Gasteiger partial charge < -0.3 is 15.8 Å². The van der Waals surface area contributed by atoms with E-state index in [1.165, 1.54) is 11.1 Å². The lowest BCUT2D eigenvalue weighted by molar-refractivity contribution is -0.124. The predicted molar refractivity (Wildman–Crippen MR) is 101 cm³/mol. The molecule has 0 spiro atoms. The smallest absolute Gasteiger partial charge is 0.244 e. The van der Waals surface area contributed by atoms with E-state index >= 15 is 0 Å². The number of amides is 1. The molecule has 1 aliphatic rings. The minimum Gasteiger partial charge on any atom is -0.381 e.